The molecular formula is C42H79N3O9. The van der Waals surface area contributed by atoms with Crippen LogP contribution in [0.25, 0.3) is 0 Å². The largest absolute Gasteiger partial charge is 0.465 e. The molecular weight excluding hydrogens is 690 g/mol. The number of aldehydes is 1. The molecule has 0 rings (SSSR count). The summed E-state index contributed by atoms with van der Waals surface area (Å²) < 4.78 is 28.6. The van der Waals surface area contributed by atoms with Crippen molar-refractivity contribution in [1.82, 2.24) is 9.80 Å². The molecule has 0 heterocycles. The number of carbonyl (C=O) groups is 4. The van der Waals surface area contributed by atoms with Gasteiger partial charge in [-0.2, -0.15) is 0 Å². The third-order valence-electron chi connectivity index (χ3n) is 9.14. The minimum atomic E-state index is -0.305. The first-order chi connectivity index (χ1) is 26.1. The van der Waals surface area contributed by atoms with Crippen molar-refractivity contribution >= 4 is 30.0 Å². The Bertz CT molecular complexity index is 950. The number of nitrogens with one attached hydrogen (secondary N) is 1. The summed E-state index contributed by atoms with van der Waals surface area (Å²) in [4.78, 5) is 52.1. The van der Waals surface area contributed by atoms with E-state index in [2.05, 4.69) is 18.7 Å². The molecule has 12 heteroatoms. The van der Waals surface area contributed by atoms with Crippen LogP contribution < -0.4 is 0 Å². The van der Waals surface area contributed by atoms with Crippen molar-refractivity contribution < 1.29 is 42.9 Å². The summed E-state index contributed by atoms with van der Waals surface area (Å²) in [7, 11) is 4.02. The topological polar surface area (TPSA) is 145 Å². The molecule has 0 saturated heterocycles. The molecule has 54 heavy (non-hydrogen) atoms. The first-order valence-corrected chi connectivity index (χ1v) is 21.2. The van der Waals surface area contributed by atoms with Crippen LogP contribution in [0.4, 0.5) is 0 Å². The molecule has 12 nitrogen and oxygen atoms in total. The number of ether oxygens (including phenoxy) is 5. The number of esters is 3. The summed E-state index contributed by atoms with van der Waals surface area (Å²) in [6.07, 6.45) is 18.3. The van der Waals surface area contributed by atoms with Gasteiger partial charge in [0.05, 0.1) is 25.7 Å². The minimum absolute atomic E-state index is 0.106. The summed E-state index contributed by atoms with van der Waals surface area (Å²) in [6, 6.07) is 0. The lowest BCUT2D eigenvalue weighted by molar-refractivity contribution is -0.151. The third kappa shape index (κ3) is 34.0. The highest BCUT2D eigenvalue weighted by Gasteiger charge is 2.20. The lowest BCUT2D eigenvalue weighted by Gasteiger charge is -2.28. The van der Waals surface area contributed by atoms with Crippen molar-refractivity contribution in [2.24, 2.45) is 5.92 Å². The molecule has 0 aromatic rings. The van der Waals surface area contributed by atoms with Gasteiger partial charge in [0.15, 0.2) is 0 Å². The van der Waals surface area contributed by atoms with E-state index in [9.17, 15) is 19.2 Å². The average molecular weight is 770 g/mol. The molecule has 0 aromatic heterocycles. The van der Waals surface area contributed by atoms with Crippen LogP contribution in [-0.2, 0) is 42.9 Å². The summed E-state index contributed by atoms with van der Waals surface area (Å²) in [5, 5.41) is 8.27. The zero-order valence-corrected chi connectivity index (χ0v) is 35.0. The zero-order chi connectivity index (χ0) is 40.1. The SMILES string of the molecule is CCCCCCOCC(COC(=O)CCCCCCC(=O)OCC(COC(=O)CCCCCCC=O)CN(CCCN(C)C)C(C)=N)OCCCCCC. The van der Waals surface area contributed by atoms with Crippen LogP contribution in [0.3, 0.4) is 0 Å². The van der Waals surface area contributed by atoms with Crippen LogP contribution in [0.1, 0.15) is 156 Å². The average Bonchev–Trinajstić information content (AvgIpc) is 3.14. The van der Waals surface area contributed by atoms with Crippen molar-refractivity contribution in [3.05, 3.63) is 0 Å². The van der Waals surface area contributed by atoms with Crippen molar-refractivity contribution in [2.45, 2.75) is 162 Å². The Labute approximate surface area is 328 Å². The first kappa shape index (κ1) is 51.4. The fraction of sp³-hybridized carbons (Fsp3) is 0.881. The molecule has 0 aliphatic carbocycles. The Morgan fingerprint density at radius 2 is 1.11 bits per heavy atom. The van der Waals surface area contributed by atoms with Crippen LogP contribution in [0.5, 0.6) is 0 Å². The van der Waals surface area contributed by atoms with E-state index in [0.29, 0.717) is 77.3 Å². The van der Waals surface area contributed by atoms with Gasteiger partial charge in [0.2, 0.25) is 0 Å². The van der Waals surface area contributed by atoms with Crippen LogP contribution in [0.2, 0.25) is 0 Å². The number of nitrogens with zero attached hydrogens (tertiary/aromatic N) is 2. The third-order valence-corrected chi connectivity index (χ3v) is 9.14. The predicted octanol–water partition coefficient (Wildman–Crippen LogP) is 7.93. The number of hydrogen-bond donors (Lipinski definition) is 1. The molecule has 0 aliphatic rings. The Balaban J connectivity index is 4.62. The van der Waals surface area contributed by atoms with Crippen LogP contribution in [-0.4, -0.2) is 119 Å². The zero-order valence-electron chi connectivity index (χ0n) is 35.0. The molecule has 1 N–H and O–H groups in total. The second kappa shape index (κ2) is 37.4. The highest BCUT2D eigenvalue weighted by molar-refractivity contribution is 5.76. The van der Waals surface area contributed by atoms with Gasteiger partial charge in [-0.3, -0.25) is 19.8 Å². The summed E-state index contributed by atoms with van der Waals surface area (Å²) in [5.41, 5.74) is 0. The molecule has 0 fully saturated rings. The molecule has 0 bridgehead atoms. The standard InChI is InChI=1S/C42H79N3O9/c1-6-8-10-21-30-50-35-39(51-31-22-11-9-7-2)36-54-42(49)26-19-15-14-18-25-41(48)53-34-38(32-45(37(3)43)28-23-27-44(4)5)33-52-40(47)24-17-13-12-16-20-29-46/h29,38-39,43H,6-28,30-36H2,1-5H3. The Kier molecular flexibility index (Phi) is 35.6. The van der Waals surface area contributed by atoms with Gasteiger partial charge in [0.1, 0.15) is 19.0 Å². The van der Waals surface area contributed by atoms with Crippen molar-refractivity contribution in [3.8, 4) is 0 Å². The first-order valence-electron chi connectivity index (χ1n) is 21.2. The highest BCUT2D eigenvalue weighted by atomic mass is 16.6. The van der Waals surface area contributed by atoms with E-state index in [0.717, 1.165) is 77.0 Å². The van der Waals surface area contributed by atoms with Crippen molar-refractivity contribution in [1.29, 1.82) is 5.41 Å². The summed E-state index contributed by atoms with van der Waals surface area (Å²) >= 11 is 0. The van der Waals surface area contributed by atoms with Gasteiger partial charge >= 0.3 is 17.9 Å². The van der Waals surface area contributed by atoms with Crippen LogP contribution in [0, 0.1) is 11.3 Å². The van der Waals surface area contributed by atoms with Gasteiger partial charge in [-0.1, -0.05) is 78.1 Å². The summed E-state index contributed by atoms with van der Waals surface area (Å²) in [5.74, 6) is -0.679. The van der Waals surface area contributed by atoms with Gasteiger partial charge in [0.25, 0.3) is 0 Å². The van der Waals surface area contributed by atoms with Crippen molar-refractivity contribution in [3.63, 3.8) is 0 Å². The van der Waals surface area contributed by atoms with E-state index in [4.69, 9.17) is 29.1 Å². The molecule has 316 valence electrons. The molecule has 0 amide bonds. The van der Waals surface area contributed by atoms with Gasteiger partial charge in [-0.05, 0) is 72.5 Å². The van der Waals surface area contributed by atoms with Crippen LogP contribution in [0.15, 0.2) is 0 Å². The van der Waals surface area contributed by atoms with E-state index in [-0.39, 0.29) is 56.2 Å². The van der Waals surface area contributed by atoms with E-state index in [1.165, 1.54) is 25.7 Å². The van der Waals surface area contributed by atoms with Gasteiger partial charge < -0.3 is 38.3 Å². The molecule has 0 saturated carbocycles. The molecule has 0 aromatic carbocycles. The maximum absolute atomic E-state index is 12.6. The quantitative estimate of drug-likeness (QED) is 0.0163. The molecule has 2 atom stereocenters. The number of amidine groups is 1. The second-order valence-corrected chi connectivity index (χ2v) is 14.8. The van der Waals surface area contributed by atoms with Gasteiger partial charge in [-0.15, -0.1) is 0 Å². The number of rotatable bonds is 39. The number of hydrogen-bond acceptors (Lipinski definition) is 11. The Morgan fingerprint density at radius 3 is 1.61 bits per heavy atom. The normalized spacial score (nSPS) is 12.3. The smallest absolute Gasteiger partial charge is 0.305 e. The van der Waals surface area contributed by atoms with E-state index in [1.54, 1.807) is 6.92 Å². The highest BCUT2D eigenvalue weighted by Crippen LogP contribution is 2.12. The fourth-order valence-electron chi connectivity index (χ4n) is 5.77. The minimum Gasteiger partial charge on any atom is -0.465 e. The van der Waals surface area contributed by atoms with E-state index < -0.39 is 0 Å². The number of unbranched alkanes of at least 4 members (excludes halogenated alkanes) is 13. The second-order valence-electron chi connectivity index (χ2n) is 14.8. The Morgan fingerprint density at radius 1 is 0.611 bits per heavy atom. The lowest BCUT2D eigenvalue weighted by atomic mass is 10.1. The van der Waals surface area contributed by atoms with Gasteiger partial charge in [-0.25, -0.2) is 0 Å². The fourth-order valence-corrected chi connectivity index (χ4v) is 5.77. The van der Waals surface area contributed by atoms with E-state index >= 15 is 0 Å². The van der Waals surface area contributed by atoms with Gasteiger partial charge in [0, 0.05) is 57.9 Å². The molecule has 0 radical (unpaired) electrons. The maximum atomic E-state index is 12.6. The lowest BCUT2D eigenvalue weighted by Crippen LogP contribution is -2.38. The van der Waals surface area contributed by atoms with E-state index in [1.807, 2.05) is 19.0 Å². The summed E-state index contributed by atoms with van der Waals surface area (Å²) in [6.45, 7) is 10.3. The maximum Gasteiger partial charge on any atom is 0.305 e. The Hall–Kier alpha value is -2.57. The number of carbonyl (C=O) groups excluding carboxylic acids is 4. The molecule has 0 aliphatic heterocycles. The molecule has 0 spiro atoms. The molecule has 2 unspecified atom stereocenters. The predicted molar refractivity (Wildman–Crippen MR) is 215 cm³/mol. The van der Waals surface area contributed by atoms with Crippen molar-refractivity contribution in [2.75, 3.05) is 73.4 Å². The monoisotopic (exact) mass is 770 g/mol. The van der Waals surface area contributed by atoms with Crippen LogP contribution >= 0.6 is 0 Å².